The van der Waals surface area contributed by atoms with E-state index in [1.807, 2.05) is 32.9 Å². The van der Waals surface area contributed by atoms with E-state index in [2.05, 4.69) is 10.0 Å². The highest BCUT2D eigenvalue weighted by atomic mass is 35.5. The average Bonchev–Trinajstić information content (AvgIpc) is 2.90. The van der Waals surface area contributed by atoms with E-state index in [0.717, 1.165) is 21.0 Å². The van der Waals surface area contributed by atoms with Crippen molar-refractivity contribution in [3.05, 3.63) is 113 Å². The van der Waals surface area contributed by atoms with Crippen molar-refractivity contribution in [2.45, 2.75) is 30.6 Å². The summed E-state index contributed by atoms with van der Waals surface area (Å²) in [5.41, 5.74) is 3.74. The zero-order valence-corrected chi connectivity index (χ0v) is 24.4. The van der Waals surface area contributed by atoms with Crippen molar-refractivity contribution in [3.63, 3.8) is 0 Å². The molecule has 0 aliphatic carbocycles. The summed E-state index contributed by atoms with van der Waals surface area (Å²) in [7, 11) is -7.96. The van der Waals surface area contributed by atoms with Crippen LogP contribution in [0.1, 0.15) is 16.7 Å². The summed E-state index contributed by atoms with van der Waals surface area (Å²) in [6.07, 6.45) is 0. The van der Waals surface area contributed by atoms with Gasteiger partial charge in [-0.3, -0.25) is 13.8 Å². The van der Waals surface area contributed by atoms with Crippen molar-refractivity contribution in [1.29, 1.82) is 0 Å². The molecule has 2 N–H and O–H groups in total. The molecule has 0 unspecified atom stereocenters. The van der Waals surface area contributed by atoms with Gasteiger partial charge in [-0.15, -0.1) is 0 Å². The smallest absolute Gasteiger partial charge is 0.264 e. The Hall–Kier alpha value is -3.86. The average molecular weight is 598 g/mol. The van der Waals surface area contributed by atoms with Crippen LogP contribution in [0, 0.1) is 20.8 Å². The number of amides is 1. The van der Waals surface area contributed by atoms with Crippen LogP contribution in [0.2, 0.25) is 5.02 Å². The summed E-state index contributed by atoms with van der Waals surface area (Å²) in [6, 6.07) is 23.4. The molecule has 0 aromatic heterocycles. The fraction of sp³-hybridized carbons (Fsp3) is 0.138. The van der Waals surface area contributed by atoms with Gasteiger partial charge in [-0.2, -0.15) is 0 Å². The molecule has 4 aromatic rings. The van der Waals surface area contributed by atoms with Gasteiger partial charge in [0.15, 0.2) is 0 Å². The van der Waals surface area contributed by atoms with E-state index < -0.39 is 32.5 Å². The number of hydrogen-bond donors (Lipinski definition) is 2. The quantitative estimate of drug-likeness (QED) is 0.249. The first-order valence-electron chi connectivity index (χ1n) is 12.2. The van der Waals surface area contributed by atoms with Crippen LogP contribution in [0.4, 0.5) is 17.1 Å². The third kappa shape index (κ3) is 6.82. The third-order valence-corrected chi connectivity index (χ3v) is 9.51. The summed E-state index contributed by atoms with van der Waals surface area (Å²) < 4.78 is 56.3. The Balaban J connectivity index is 1.53. The standard InChI is InChI=1S/C29H28ClN3O5S2/c1-20-4-13-27(14-5-20)40(37,38)33(25-11-7-23(30)8-12-25)19-29(34)31-24-9-15-26(16-10-24)39(35,36)32-28-17-6-21(2)18-22(28)3/h4-18,32H,19H2,1-3H3,(H,31,34). The number of carbonyl (C=O) groups excluding carboxylic acids is 1. The number of rotatable bonds is 9. The van der Waals surface area contributed by atoms with Gasteiger partial charge < -0.3 is 5.32 Å². The minimum Gasteiger partial charge on any atom is -0.325 e. The van der Waals surface area contributed by atoms with E-state index in [0.29, 0.717) is 16.4 Å². The molecular weight excluding hydrogens is 570 g/mol. The molecule has 0 radical (unpaired) electrons. The molecule has 40 heavy (non-hydrogen) atoms. The van der Waals surface area contributed by atoms with Gasteiger partial charge in [0.05, 0.1) is 21.2 Å². The van der Waals surface area contributed by atoms with E-state index in [-0.39, 0.29) is 15.5 Å². The number of aryl methyl sites for hydroxylation is 3. The summed E-state index contributed by atoms with van der Waals surface area (Å²) in [6.45, 7) is 5.06. The second-order valence-electron chi connectivity index (χ2n) is 9.30. The topological polar surface area (TPSA) is 113 Å². The van der Waals surface area contributed by atoms with Gasteiger partial charge >= 0.3 is 0 Å². The van der Waals surface area contributed by atoms with Gasteiger partial charge in [-0.05, 0) is 93.1 Å². The molecule has 0 atom stereocenters. The number of benzene rings is 4. The van der Waals surface area contributed by atoms with Crippen LogP contribution in [0.25, 0.3) is 0 Å². The van der Waals surface area contributed by atoms with Crippen LogP contribution in [0.3, 0.4) is 0 Å². The number of halogens is 1. The number of sulfonamides is 2. The minimum atomic E-state index is -4.09. The highest BCUT2D eigenvalue weighted by Gasteiger charge is 2.27. The molecule has 4 rings (SSSR count). The highest BCUT2D eigenvalue weighted by Crippen LogP contribution is 2.26. The first kappa shape index (κ1) is 29.1. The largest absolute Gasteiger partial charge is 0.325 e. The van der Waals surface area contributed by atoms with Crippen molar-refractivity contribution < 1.29 is 21.6 Å². The molecule has 0 bridgehead atoms. The Morgan fingerprint density at radius 3 is 1.93 bits per heavy atom. The molecule has 1 amide bonds. The third-order valence-electron chi connectivity index (χ3n) is 6.09. The zero-order valence-electron chi connectivity index (χ0n) is 22.1. The molecule has 8 nitrogen and oxygen atoms in total. The Morgan fingerprint density at radius 1 is 0.750 bits per heavy atom. The molecule has 0 fully saturated rings. The Morgan fingerprint density at radius 2 is 1.32 bits per heavy atom. The monoisotopic (exact) mass is 597 g/mol. The van der Waals surface area contributed by atoms with Crippen LogP contribution in [-0.4, -0.2) is 29.3 Å². The van der Waals surface area contributed by atoms with E-state index in [9.17, 15) is 21.6 Å². The van der Waals surface area contributed by atoms with E-state index in [4.69, 9.17) is 11.6 Å². The van der Waals surface area contributed by atoms with Crippen molar-refractivity contribution in [2.75, 3.05) is 20.9 Å². The fourth-order valence-electron chi connectivity index (χ4n) is 3.94. The zero-order chi connectivity index (χ0) is 29.1. The molecule has 208 valence electrons. The maximum absolute atomic E-state index is 13.5. The first-order valence-corrected chi connectivity index (χ1v) is 15.5. The number of carbonyl (C=O) groups is 1. The SMILES string of the molecule is Cc1ccc(S(=O)(=O)N(CC(=O)Nc2ccc(S(=O)(=O)Nc3ccc(C)cc3C)cc2)c2ccc(Cl)cc2)cc1. The molecule has 11 heteroatoms. The van der Waals surface area contributed by atoms with Crippen LogP contribution in [0.5, 0.6) is 0 Å². The first-order chi connectivity index (χ1) is 18.8. The van der Waals surface area contributed by atoms with Gasteiger partial charge in [0.2, 0.25) is 5.91 Å². The predicted octanol–water partition coefficient (Wildman–Crippen LogP) is 5.90. The van der Waals surface area contributed by atoms with Crippen molar-refractivity contribution in [2.24, 2.45) is 0 Å². The van der Waals surface area contributed by atoms with Gasteiger partial charge in [0.25, 0.3) is 20.0 Å². The van der Waals surface area contributed by atoms with Crippen LogP contribution in [-0.2, 0) is 24.8 Å². The lowest BCUT2D eigenvalue weighted by atomic mass is 10.1. The number of nitrogens with zero attached hydrogens (tertiary/aromatic N) is 1. The summed E-state index contributed by atoms with van der Waals surface area (Å²) >= 11 is 5.99. The Bertz CT molecular complexity index is 1740. The van der Waals surface area contributed by atoms with Crippen molar-refractivity contribution in [1.82, 2.24) is 0 Å². The summed E-state index contributed by atoms with van der Waals surface area (Å²) in [5.74, 6) is -0.616. The Kier molecular flexibility index (Phi) is 8.53. The molecule has 0 saturated carbocycles. The lowest BCUT2D eigenvalue weighted by Crippen LogP contribution is -2.38. The second kappa shape index (κ2) is 11.7. The van der Waals surface area contributed by atoms with E-state index in [1.54, 1.807) is 18.2 Å². The molecular formula is C29H28ClN3O5S2. The van der Waals surface area contributed by atoms with Crippen molar-refractivity contribution in [3.8, 4) is 0 Å². The van der Waals surface area contributed by atoms with Gasteiger partial charge in [0, 0.05) is 10.7 Å². The van der Waals surface area contributed by atoms with Crippen molar-refractivity contribution >= 4 is 54.6 Å². The molecule has 0 aliphatic rings. The normalized spacial score (nSPS) is 11.6. The summed E-state index contributed by atoms with van der Waals surface area (Å²) in [5, 5.41) is 3.06. The molecule has 4 aromatic carbocycles. The minimum absolute atomic E-state index is 0.00946. The van der Waals surface area contributed by atoms with Crippen LogP contribution >= 0.6 is 11.6 Å². The molecule has 0 saturated heterocycles. The van der Waals surface area contributed by atoms with Crippen LogP contribution in [0.15, 0.2) is 101 Å². The molecule has 0 spiro atoms. The van der Waals surface area contributed by atoms with Gasteiger partial charge in [0.1, 0.15) is 6.54 Å². The number of nitrogens with one attached hydrogen (secondary N) is 2. The lowest BCUT2D eigenvalue weighted by molar-refractivity contribution is -0.114. The highest BCUT2D eigenvalue weighted by molar-refractivity contribution is 7.93. The fourth-order valence-corrected chi connectivity index (χ4v) is 6.62. The van der Waals surface area contributed by atoms with Gasteiger partial charge in [-0.25, -0.2) is 16.8 Å². The maximum Gasteiger partial charge on any atom is 0.264 e. The summed E-state index contributed by atoms with van der Waals surface area (Å²) in [4.78, 5) is 13.1. The van der Waals surface area contributed by atoms with E-state index >= 15 is 0 Å². The predicted molar refractivity (Wildman–Crippen MR) is 159 cm³/mol. The second-order valence-corrected chi connectivity index (χ2v) is 13.3. The molecule has 0 heterocycles. The van der Waals surface area contributed by atoms with Crippen LogP contribution < -0.4 is 14.3 Å². The molecule has 0 aliphatic heterocycles. The lowest BCUT2D eigenvalue weighted by Gasteiger charge is -2.24. The number of hydrogen-bond acceptors (Lipinski definition) is 5. The number of anilines is 3. The Labute approximate surface area is 239 Å². The van der Waals surface area contributed by atoms with Gasteiger partial charge in [-0.1, -0.05) is 47.0 Å². The maximum atomic E-state index is 13.5. The van der Waals surface area contributed by atoms with E-state index in [1.165, 1.54) is 60.7 Å².